The van der Waals surface area contributed by atoms with Crippen LogP contribution in [0.2, 0.25) is 0 Å². The van der Waals surface area contributed by atoms with Gasteiger partial charge in [0, 0.05) is 38.3 Å². The molecule has 1 fully saturated rings. The van der Waals surface area contributed by atoms with Crippen molar-refractivity contribution in [3.8, 4) is 0 Å². The predicted octanol–water partition coefficient (Wildman–Crippen LogP) is 2.95. The lowest BCUT2D eigenvalue weighted by molar-refractivity contribution is 0.0519. The number of amides is 1. The smallest absolute Gasteiger partial charge is 0.251 e. The average molecular weight is 486 g/mol. The number of ether oxygens (including phenoxy) is 2. The lowest BCUT2D eigenvalue weighted by atomic mass is 10.1. The zero-order valence-corrected chi connectivity index (χ0v) is 20.8. The van der Waals surface area contributed by atoms with Gasteiger partial charge in [0.05, 0.1) is 26.4 Å². The molecule has 10 heteroatoms. The Morgan fingerprint density at radius 1 is 0.857 bits per heavy atom. The van der Waals surface area contributed by atoms with Gasteiger partial charge < -0.3 is 30.3 Å². The molecule has 0 saturated carbocycles. The van der Waals surface area contributed by atoms with Crippen molar-refractivity contribution in [2.75, 3.05) is 74.7 Å². The van der Waals surface area contributed by atoms with E-state index in [0.29, 0.717) is 57.0 Å². The van der Waals surface area contributed by atoms with E-state index in [4.69, 9.17) is 9.47 Å². The van der Waals surface area contributed by atoms with Gasteiger partial charge in [0.25, 0.3) is 5.91 Å². The second-order valence-corrected chi connectivity index (χ2v) is 8.38. The van der Waals surface area contributed by atoms with Crippen LogP contribution in [0.15, 0.2) is 30.3 Å². The third-order valence-corrected chi connectivity index (χ3v) is 5.55. The number of piperidine rings is 1. The molecular weight excluding hydrogens is 446 g/mol. The van der Waals surface area contributed by atoms with Crippen LogP contribution in [0.3, 0.4) is 0 Å². The van der Waals surface area contributed by atoms with Crippen LogP contribution in [0.5, 0.6) is 0 Å². The Labute approximate surface area is 208 Å². The molecule has 1 aromatic heterocycles. The minimum atomic E-state index is -0.0954. The van der Waals surface area contributed by atoms with E-state index in [9.17, 15) is 4.79 Å². The third-order valence-electron chi connectivity index (χ3n) is 5.55. The fourth-order valence-corrected chi connectivity index (χ4v) is 3.62. The van der Waals surface area contributed by atoms with Gasteiger partial charge >= 0.3 is 0 Å². The van der Waals surface area contributed by atoms with E-state index < -0.39 is 0 Å². The number of hydrogen-bond acceptors (Lipinski definition) is 9. The number of unbranched alkanes of at least 4 members (excludes halogenated alkanes) is 1. The number of rotatable bonds is 16. The number of anilines is 3. The highest BCUT2D eigenvalue weighted by Gasteiger charge is 2.16. The summed E-state index contributed by atoms with van der Waals surface area (Å²) in [4.78, 5) is 28.0. The van der Waals surface area contributed by atoms with Crippen molar-refractivity contribution >= 4 is 23.8 Å². The van der Waals surface area contributed by atoms with E-state index in [1.807, 2.05) is 18.2 Å². The molecule has 0 unspecified atom stereocenters. The molecule has 1 aliphatic heterocycles. The molecule has 1 aliphatic rings. The van der Waals surface area contributed by atoms with E-state index in [2.05, 4.69) is 42.7 Å². The maximum absolute atomic E-state index is 11.9. The summed E-state index contributed by atoms with van der Waals surface area (Å²) in [5.74, 6) is 1.82. The second-order valence-electron chi connectivity index (χ2n) is 8.38. The number of benzene rings is 1. The monoisotopic (exact) mass is 485 g/mol. The summed E-state index contributed by atoms with van der Waals surface area (Å²) in [6, 6.07) is 9.14. The van der Waals surface area contributed by atoms with Gasteiger partial charge in [-0.1, -0.05) is 31.5 Å². The van der Waals surface area contributed by atoms with Crippen LogP contribution >= 0.6 is 0 Å². The van der Waals surface area contributed by atoms with Gasteiger partial charge in [-0.05, 0) is 37.8 Å². The van der Waals surface area contributed by atoms with Crippen molar-refractivity contribution in [3.63, 3.8) is 0 Å². The summed E-state index contributed by atoms with van der Waals surface area (Å²) in [6.07, 6.45) is 5.79. The summed E-state index contributed by atoms with van der Waals surface area (Å²) in [6.45, 7) is 7.93. The Morgan fingerprint density at radius 2 is 1.51 bits per heavy atom. The quantitative estimate of drug-likeness (QED) is 0.309. The highest BCUT2D eigenvalue weighted by atomic mass is 16.5. The van der Waals surface area contributed by atoms with Crippen LogP contribution in [0.1, 0.15) is 49.4 Å². The summed E-state index contributed by atoms with van der Waals surface area (Å²) >= 11 is 0. The van der Waals surface area contributed by atoms with E-state index in [0.717, 1.165) is 38.4 Å². The minimum Gasteiger partial charge on any atom is -0.377 e. The molecule has 10 nitrogen and oxygen atoms in total. The highest BCUT2D eigenvalue weighted by molar-refractivity contribution is 5.94. The third kappa shape index (κ3) is 10.0. The lowest BCUT2D eigenvalue weighted by Gasteiger charge is -2.27. The summed E-state index contributed by atoms with van der Waals surface area (Å²) in [5, 5.41) is 9.40. The molecule has 35 heavy (non-hydrogen) atoms. The molecule has 0 spiro atoms. The van der Waals surface area contributed by atoms with Crippen LogP contribution in [-0.2, 0) is 9.47 Å². The van der Waals surface area contributed by atoms with Gasteiger partial charge in [-0.2, -0.15) is 15.0 Å². The molecule has 2 aromatic rings. The van der Waals surface area contributed by atoms with Crippen LogP contribution < -0.4 is 20.9 Å². The molecule has 0 bridgehead atoms. The van der Waals surface area contributed by atoms with Gasteiger partial charge in [0.1, 0.15) is 0 Å². The minimum absolute atomic E-state index is 0.0954. The van der Waals surface area contributed by atoms with Crippen molar-refractivity contribution in [2.24, 2.45) is 0 Å². The van der Waals surface area contributed by atoms with Gasteiger partial charge in [0.15, 0.2) is 0 Å². The molecule has 2 heterocycles. The van der Waals surface area contributed by atoms with Gasteiger partial charge in [0.2, 0.25) is 17.8 Å². The van der Waals surface area contributed by atoms with Crippen molar-refractivity contribution in [1.82, 2.24) is 20.3 Å². The highest BCUT2D eigenvalue weighted by Crippen LogP contribution is 2.18. The van der Waals surface area contributed by atoms with Crippen LogP contribution in [0.25, 0.3) is 0 Å². The molecule has 0 aliphatic carbocycles. The Morgan fingerprint density at radius 3 is 2.20 bits per heavy atom. The molecule has 1 aromatic carbocycles. The zero-order chi connectivity index (χ0) is 24.6. The molecule has 0 atom stereocenters. The maximum Gasteiger partial charge on any atom is 0.251 e. The average Bonchev–Trinajstić information content (AvgIpc) is 2.90. The van der Waals surface area contributed by atoms with E-state index >= 15 is 0 Å². The fourth-order valence-electron chi connectivity index (χ4n) is 3.62. The molecule has 192 valence electrons. The first-order valence-corrected chi connectivity index (χ1v) is 12.7. The SMILES string of the molecule is CCCCNc1nc(NCCOCCOCCNC(=O)c2ccccc2)nc(N2CCCCC2)n1. The lowest BCUT2D eigenvalue weighted by Crippen LogP contribution is -2.31. The Hall–Kier alpha value is -2.98. The molecule has 1 amide bonds. The van der Waals surface area contributed by atoms with Crippen molar-refractivity contribution in [3.05, 3.63) is 35.9 Å². The van der Waals surface area contributed by atoms with Gasteiger partial charge in [-0.3, -0.25) is 4.79 Å². The number of carbonyl (C=O) groups excluding carboxylic acids is 1. The van der Waals surface area contributed by atoms with E-state index in [1.54, 1.807) is 12.1 Å². The van der Waals surface area contributed by atoms with Crippen LogP contribution in [0, 0.1) is 0 Å². The maximum atomic E-state index is 11.9. The fraction of sp³-hybridized carbons (Fsp3) is 0.600. The Balaban J connectivity index is 1.30. The van der Waals surface area contributed by atoms with Gasteiger partial charge in [-0.15, -0.1) is 0 Å². The van der Waals surface area contributed by atoms with Crippen molar-refractivity contribution < 1.29 is 14.3 Å². The number of aromatic nitrogens is 3. The zero-order valence-electron chi connectivity index (χ0n) is 20.8. The molecule has 1 saturated heterocycles. The molecule has 0 radical (unpaired) electrons. The second kappa shape index (κ2) is 15.8. The Bertz CT molecular complexity index is 863. The standard InChI is InChI=1S/C25H39N7O3/c1-2-3-12-27-23-29-24(31-25(30-23)32-15-8-5-9-16-32)28-14-18-35-20-19-34-17-13-26-22(33)21-10-6-4-7-11-21/h4,6-7,10-11H,2-3,5,8-9,12-20H2,1H3,(H,26,33)(H2,27,28,29,30,31). The van der Waals surface area contributed by atoms with E-state index in [-0.39, 0.29) is 5.91 Å². The Kier molecular flexibility index (Phi) is 12.0. The number of nitrogens with zero attached hydrogens (tertiary/aromatic N) is 4. The molecular formula is C25H39N7O3. The number of carbonyl (C=O) groups is 1. The predicted molar refractivity (Wildman–Crippen MR) is 138 cm³/mol. The molecule has 3 rings (SSSR count). The van der Waals surface area contributed by atoms with Crippen molar-refractivity contribution in [2.45, 2.75) is 39.0 Å². The summed E-state index contributed by atoms with van der Waals surface area (Å²) in [7, 11) is 0. The van der Waals surface area contributed by atoms with Gasteiger partial charge in [-0.25, -0.2) is 0 Å². The largest absolute Gasteiger partial charge is 0.377 e. The first-order valence-electron chi connectivity index (χ1n) is 12.7. The number of nitrogens with one attached hydrogen (secondary N) is 3. The summed E-state index contributed by atoms with van der Waals surface area (Å²) < 4.78 is 11.2. The number of hydrogen-bond donors (Lipinski definition) is 3. The first-order chi connectivity index (χ1) is 17.3. The van der Waals surface area contributed by atoms with Crippen LogP contribution in [-0.4, -0.2) is 80.0 Å². The summed E-state index contributed by atoms with van der Waals surface area (Å²) in [5.41, 5.74) is 0.647. The van der Waals surface area contributed by atoms with Crippen molar-refractivity contribution in [1.29, 1.82) is 0 Å². The van der Waals surface area contributed by atoms with E-state index in [1.165, 1.54) is 19.3 Å². The van der Waals surface area contributed by atoms with Crippen LogP contribution in [0.4, 0.5) is 17.8 Å². The molecule has 3 N–H and O–H groups in total. The topological polar surface area (TPSA) is 114 Å². The normalized spacial score (nSPS) is 13.5. The first kappa shape index (κ1) is 26.6.